The van der Waals surface area contributed by atoms with Crippen molar-refractivity contribution in [2.24, 2.45) is 5.92 Å². The molecule has 0 spiro atoms. The fraction of sp³-hybridized carbons (Fsp3) is 0.571. The van der Waals surface area contributed by atoms with E-state index < -0.39 is 0 Å². The highest BCUT2D eigenvalue weighted by atomic mass is 79.9. The summed E-state index contributed by atoms with van der Waals surface area (Å²) in [4.78, 5) is 0. The lowest BCUT2D eigenvalue weighted by Crippen LogP contribution is -2.09. The fourth-order valence-corrected chi connectivity index (χ4v) is 3.49. The average Bonchev–Trinajstić information content (AvgIpc) is 2.70. The minimum absolute atomic E-state index is 0.303. The van der Waals surface area contributed by atoms with Gasteiger partial charge in [0.2, 0.25) is 0 Å². The molecule has 2 rings (SSSR count). The van der Waals surface area contributed by atoms with Crippen LogP contribution in [0.1, 0.15) is 37.7 Å². The maximum absolute atomic E-state index is 6.43. The van der Waals surface area contributed by atoms with E-state index in [1.54, 1.807) is 0 Å². The SMILES string of the molecule is ClC(Cc1cccc(Br)c1)CC1CCCC1. The van der Waals surface area contributed by atoms with Crippen LogP contribution < -0.4 is 0 Å². The van der Waals surface area contributed by atoms with Crippen LogP contribution in [0.2, 0.25) is 0 Å². The normalized spacial score (nSPS) is 18.9. The summed E-state index contributed by atoms with van der Waals surface area (Å²) in [7, 11) is 0. The van der Waals surface area contributed by atoms with Crippen molar-refractivity contribution >= 4 is 27.5 Å². The third kappa shape index (κ3) is 3.78. The van der Waals surface area contributed by atoms with Crippen LogP contribution in [0.3, 0.4) is 0 Å². The van der Waals surface area contributed by atoms with Gasteiger partial charge in [-0.05, 0) is 36.5 Å². The van der Waals surface area contributed by atoms with Gasteiger partial charge in [-0.15, -0.1) is 11.6 Å². The molecule has 0 N–H and O–H groups in total. The first kappa shape index (κ1) is 12.4. The second kappa shape index (κ2) is 6.07. The Hall–Kier alpha value is -0.0100. The maximum Gasteiger partial charge on any atom is 0.0379 e. The van der Waals surface area contributed by atoms with E-state index in [1.807, 2.05) is 0 Å². The Labute approximate surface area is 112 Å². The van der Waals surface area contributed by atoms with Gasteiger partial charge in [-0.2, -0.15) is 0 Å². The number of hydrogen-bond donors (Lipinski definition) is 0. The number of halogens is 2. The molecule has 1 aliphatic rings. The van der Waals surface area contributed by atoms with E-state index in [9.17, 15) is 0 Å². The van der Waals surface area contributed by atoms with Gasteiger partial charge in [0.05, 0.1) is 0 Å². The van der Waals surface area contributed by atoms with Crippen LogP contribution in [0.25, 0.3) is 0 Å². The van der Waals surface area contributed by atoms with E-state index in [2.05, 4.69) is 40.2 Å². The Morgan fingerprint density at radius 2 is 2.06 bits per heavy atom. The van der Waals surface area contributed by atoms with Crippen molar-refractivity contribution in [1.29, 1.82) is 0 Å². The predicted molar refractivity (Wildman–Crippen MR) is 74.1 cm³/mol. The number of hydrogen-bond acceptors (Lipinski definition) is 0. The molecule has 1 unspecified atom stereocenters. The Kier molecular flexibility index (Phi) is 4.72. The number of benzene rings is 1. The second-order valence-electron chi connectivity index (χ2n) is 4.82. The highest BCUT2D eigenvalue weighted by Crippen LogP contribution is 2.31. The summed E-state index contributed by atoms with van der Waals surface area (Å²) in [6.45, 7) is 0. The summed E-state index contributed by atoms with van der Waals surface area (Å²) in [5.41, 5.74) is 1.34. The van der Waals surface area contributed by atoms with Crippen molar-refractivity contribution in [3.63, 3.8) is 0 Å². The topological polar surface area (TPSA) is 0 Å². The van der Waals surface area contributed by atoms with Crippen LogP contribution in [-0.2, 0) is 6.42 Å². The summed E-state index contributed by atoms with van der Waals surface area (Å²) in [5.74, 6) is 0.884. The molecule has 1 aromatic carbocycles. The zero-order valence-electron chi connectivity index (χ0n) is 9.46. The molecular weight excluding hydrogens is 284 g/mol. The first-order valence-electron chi connectivity index (χ1n) is 6.12. The first-order chi connectivity index (χ1) is 7.74. The standard InChI is InChI=1S/C14H18BrCl/c15-13-7-3-6-12(8-13)10-14(16)9-11-4-1-2-5-11/h3,6-8,11,14H,1-2,4-5,9-10H2. The van der Waals surface area contributed by atoms with Crippen molar-refractivity contribution in [2.45, 2.75) is 43.9 Å². The van der Waals surface area contributed by atoms with Crippen LogP contribution in [0.15, 0.2) is 28.7 Å². The third-order valence-electron chi connectivity index (χ3n) is 3.41. The molecule has 1 aromatic rings. The second-order valence-corrected chi connectivity index (χ2v) is 6.35. The first-order valence-corrected chi connectivity index (χ1v) is 7.35. The monoisotopic (exact) mass is 300 g/mol. The molecule has 0 aliphatic heterocycles. The minimum atomic E-state index is 0.303. The van der Waals surface area contributed by atoms with E-state index in [0.717, 1.165) is 16.8 Å². The van der Waals surface area contributed by atoms with E-state index in [-0.39, 0.29) is 0 Å². The smallest absolute Gasteiger partial charge is 0.0379 e. The number of rotatable bonds is 4. The highest BCUT2D eigenvalue weighted by Gasteiger charge is 2.18. The van der Waals surface area contributed by atoms with Gasteiger partial charge in [0.15, 0.2) is 0 Å². The van der Waals surface area contributed by atoms with E-state index in [0.29, 0.717) is 5.38 Å². The molecule has 16 heavy (non-hydrogen) atoms. The zero-order chi connectivity index (χ0) is 11.4. The Balaban J connectivity index is 1.84. The summed E-state index contributed by atoms with van der Waals surface area (Å²) >= 11 is 9.93. The molecule has 0 bridgehead atoms. The largest absolute Gasteiger partial charge is 0.123 e. The quantitative estimate of drug-likeness (QED) is 0.672. The van der Waals surface area contributed by atoms with Gasteiger partial charge in [-0.25, -0.2) is 0 Å². The lowest BCUT2D eigenvalue weighted by Gasteiger charge is -2.14. The van der Waals surface area contributed by atoms with Crippen molar-refractivity contribution < 1.29 is 0 Å². The summed E-state index contributed by atoms with van der Waals surface area (Å²) in [6.07, 6.45) is 7.78. The summed E-state index contributed by atoms with van der Waals surface area (Å²) in [6, 6.07) is 8.47. The lowest BCUT2D eigenvalue weighted by molar-refractivity contribution is 0.488. The molecular formula is C14H18BrCl. The lowest BCUT2D eigenvalue weighted by atomic mass is 9.98. The molecule has 0 heterocycles. The van der Waals surface area contributed by atoms with Crippen molar-refractivity contribution in [2.75, 3.05) is 0 Å². The van der Waals surface area contributed by atoms with Gasteiger partial charge < -0.3 is 0 Å². The van der Waals surface area contributed by atoms with Crippen LogP contribution >= 0.6 is 27.5 Å². The maximum atomic E-state index is 6.43. The molecule has 0 saturated heterocycles. The molecule has 0 nitrogen and oxygen atoms in total. The van der Waals surface area contributed by atoms with Gasteiger partial charge in [0.25, 0.3) is 0 Å². The molecule has 1 saturated carbocycles. The third-order valence-corrected chi connectivity index (χ3v) is 4.24. The van der Waals surface area contributed by atoms with E-state index in [1.165, 1.54) is 37.7 Å². The van der Waals surface area contributed by atoms with Gasteiger partial charge >= 0.3 is 0 Å². The summed E-state index contributed by atoms with van der Waals surface area (Å²) < 4.78 is 1.15. The van der Waals surface area contributed by atoms with Crippen molar-refractivity contribution in [3.8, 4) is 0 Å². The van der Waals surface area contributed by atoms with E-state index in [4.69, 9.17) is 11.6 Å². The zero-order valence-corrected chi connectivity index (χ0v) is 11.8. The van der Waals surface area contributed by atoms with Crippen LogP contribution in [0.4, 0.5) is 0 Å². The van der Waals surface area contributed by atoms with E-state index >= 15 is 0 Å². The molecule has 88 valence electrons. The molecule has 1 atom stereocenters. The number of alkyl halides is 1. The Bertz CT molecular complexity index is 331. The predicted octanol–water partition coefficient (Wildman–Crippen LogP) is 5.18. The molecule has 1 aliphatic carbocycles. The van der Waals surface area contributed by atoms with Gasteiger partial charge in [-0.1, -0.05) is 53.7 Å². The Morgan fingerprint density at radius 1 is 1.31 bits per heavy atom. The molecule has 0 aromatic heterocycles. The molecule has 0 radical (unpaired) electrons. The van der Waals surface area contributed by atoms with Gasteiger partial charge in [0.1, 0.15) is 0 Å². The molecule has 0 amide bonds. The van der Waals surface area contributed by atoms with Crippen molar-refractivity contribution in [3.05, 3.63) is 34.3 Å². The van der Waals surface area contributed by atoms with Crippen LogP contribution in [0.5, 0.6) is 0 Å². The highest BCUT2D eigenvalue weighted by molar-refractivity contribution is 9.10. The van der Waals surface area contributed by atoms with Crippen molar-refractivity contribution in [1.82, 2.24) is 0 Å². The van der Waals surface area contributed by atoms with Gasteiger partial charge in [0, 0.05) is 9.85 Å². The fourth-order valence-electron chi connectivity index (χ4n) is 2.61. The molecule has 2 heteroatoms. The summed E-state index contributed by atoms with van der Waals surface area (Å²) in [5, 5.41) is 0.303. The Morgan fingerprint density at radius 3 is 2.75 bits per heavy atom. The average molecular weight is 302 g/mol. The minimum Gasteiger partial charge on any atom is -0.123 e. The molecule has 1 fully saturated rings. The van der Waals surface area contributed by atoms with Crippen LogP contribution in [-0.4, -0.2) is 5.38 Å². The van der Waals surface area contributed by atoms with Crippen LogP contribution in [0, 0.1) is 5.92 Å². The van der Waals surface area contributed by atoms with Gasteiger partial charge in [-0.3, -0.25) is 0 Å².